The molecule has 0 spiro atoms. The molecule has 0 bridgehead atoms. The molecule has 158 valence electrons. The normalized spacial score (nSPS) is 20.5. The molecule has 1 saturated heterocycles. The molecular weight excluding hydrogens is 379 g/mol. The number of hydrogen-bond acceptors (Lipinski definition) is 2. The van der Waals surface area contributed by atoms with Gasteiger partial charge in [-0.25, -0.2) is 4.39 Å². The number of benzene rings is 2. The van der Waals surface area contributed by atoms with Crippen LogP contribution in [-0.4, -0.2) is 48.3 Å². The van der Waals surface area contributed by atoms with E-state index < -0.39 is 0 Å². The average molecular weight is 409 g/mol. The molecule has 0 N–H and O–H groups in total. The fraction of sp³-hybridized carbons (Fsp3) is 0.440. The number of nitrogens with zero attached hydrogens (tertiary/aromatic N) is 2. The monoisotopic (exact) mass is 408 g/mol. The van der Waals surface area contributed by atoms with Crippen LogP contribution in [0.3, 0.4) is 0 Å². The lowest BCUT2D eigenvalue weighted by atomic mass is 9.91. The van der Waals surface area contributed by atoms with Crippen LogP contribution in [0.5, 0.6) is 0 Å². The lowest BCUT2D eigenvalue weighted by molar-refractivity contribution is -0.136. The van der Waals surface area contributed by atoms with Crippen molar-refractivity contribution >= 4 is 11.8 Å². The van der Waals surface area contributed by atoms with Crippen molar-refractivity contribution in [2.75, 3.05) is 26.7 Å². The van der Waals surface area contributed by atoms with Crippen molar-refractivity contribution in [3.63, 3.8) is 0 Å². The minimum absolute atomic E-state index is 0.0748. The van der Waals surface area contributed by atoms with Gasteiger partial charge in [-0.2, -0.15) is 0 Å². The van der Waals surface area contributed by atoms with Crippen LogP contribution in [0, 0.1) is 17.7 Å². The fourth-order valence-corrected chi connectivity index (χ4v) is 4.81. The number of likely N-dealkylation sites (N-methyl/N-ethyl adjacent to an activating group) is 1. The molecular formula is C25H29FN2O2. The van der Waals surface area contributed by atoms with Crippen LogP contribution in [0.25, 0.3) is 11.1 Å². The van der Waals surface area contributed by atoms with E-state index in [1.54, 1.807) is 11.0 Å². The highest BCUT2D eigenvalue weighted by Crippen LogP contribution is 2.30. The average Bonchev–Trinajstić information content (AvgIpc) is 3.25. The van der Waals surface area contributed by atoms with Gasteiger partial charge < -0.3 is 9.80 Å². The van der Waals surface area contributed by atoms with E-state index >= 15 is 0 Å². The molecule has 5 heteroatoms. The molecule has 1 saturated carbocycles. The van der Waals surface area contributed by atoms with Gasteiger partial charge >= 0.3 is 0 Å². The number of amides is 2. The minimum atomic E-state index is -0.294. The van der Waals surface area contributed by atoms with Gasteiger partial charge in [-0.3, -0.25) is 9.59 Å². The van der Waals surface area contributed by atoms with Gasteiger partial charge in [0, 0.05) is 32.6 Å². The third-order valence-electron chi connectivity index (χ3n) is 6.51. The van der Waals surface area contributed by atoms with Crippen molar-refractivity contribution in [3.8, 4) is 11.1 Å². The highest BCUT2D eigenvalue weighted by molar-refractivity contribution is 5.83. The van der Waals surface area contributed by atoms with Crippen molar-refractivity contribution in [2.24, 2.45) is 11.8 Å². The number of carbonyl (C=O) groups is 2. The molecule has 4 rings (SSSR count). The molecule has 1 unspecified atom stereocenters. The van der Waals surface area contributed by atoms with Crippen molar-refractivity contribution in [2.45, 2.75) is 32.1 Å². The Hall–Kier alpha value is -2.69. The molecule has 0 aromatic heterocycles. The van der Waals surface area contributed by atoms with Crippen LogP contribution in [0.2, 0.25) is 0 Å². The summed E-state index contributed by atoms with van der Waals surface area (Å²) in [5, 5.41) is 0. The van der Waals surface area contributed by atoms with E-state index in [1.807, 2.05) is 42.3 Å². The Kier molecular flexibility index (Phi) is 6.16. The van der Waals surface area contributed by atoms with Crippen LogP contribution in [0.15, 0.2) is 48.5 Å². The van der Waals surface area contributed by atoms with E-state index in [0.29, 0.717) is 26.1 Å². The zero-order valence-corrected chi connectivity index (χ0v) is 17.5. The van der Waals surface area contributed by atoms with E-state index in [1.165, 1.54) is 12.1 Å². The predicted octanol–water partition coefficient (Wildman–Crippen LogP) is 4.14. The van der Waals surface area contributed by atoms with Crippen molar-refractivity contribution < 1.29 is 14.0 Å². The van der Waals surface area contributed by atoms with E-state index in [-0.39, 0.29) is 29.5 Å². The van der Waals surface area contributed by atoms with Gasteiger partial charge in [-0.15, -0.1) is 0 Å². The van der Waals surface area contributed by atoms with Crippen molar-refractivity contribution in [1.29, 1.82) is 0 Å². The highest BCUT2D eigenvalue weighted by Gasteiger charge is 2.34. The molecule has 30 heavy (non-hydrogen) atoms. The Morgan fingerprint density at radius 1 is 1.07 bits per heavy atom. The van der Waals surface area contributed by atoms with Crippen LogP contribution in [-0.2, 0) is 16.0 Å². The fourth-order valence-electron chi connectivity index (χ4n) is 4.81. The second-order valence-corrected chi connectivity index (χ2v) is 8.59. The Balaban J connectivity index is 1.59. The summed E-state index contributed by atoms with van der Waals surface area (Å²) in [6.07, 6.45) is 4.70. The summed E-state index contributed by atoms with van der Waals surface area (Å²) in [7, 11) is 1.82. The summed E-state index contributed by atoms with van der Waals surface area (Å²) in [4.78, 5) is 29.8. The van der Waals surface area contributed by atoms with Gasteiger partial charge in [-0.1, -0.05) is 49.2 Å². The third-order valence-corrected chi connectivity index (χ3v) is 6.51. The zero-order chi connectivity index (χ0) is 21.1. The second-order valence-electron chi connectivity index (χ2n) is 8.59. The van der Waals surface area contributed by atoms with E-state index in [9.17, 15) is 14.0 Å². The van der Waals surface area contributed by atoms with Gasteiger partial charge in [0.2, 0.25) is 11.8 Å². The van der Waals surface area contributed by atoms with Gasteiger partial charge in [0.25, 0.3) is 0 Å². The van der Waals surface area contributed by atoms with Gasteiger partial charge in [0.15, 0.2) is 0 Å². The van der Waals surface area contributed by atoms with Gasteiger partial charge in [-0.05, 0) is 48.1 Å². The smallest absolute Gasteiger partial charge is 0.227 e. The maximum atomic E-state index is 13.8. The summed E-state index contributed by atoms with van der Waals surface area (Å²) in [6.45, 7) is 1.62. The largest absolute Gasteiger partial charge is 0.344 e. The second kappa shape index (κ2) is 8.99. The minimum Gasteiger partial charge on any atom is -0.344 e. The van der Waals surface area contributed by atoms with Gasteiger partial charge in [0.05, 0.1) is 5.92 Å². The van der Waals surface area contributed by atoms with Crippen molar-refractivity contribution in [3.05, 3.63) is 59.9 Å². The first kappa shape index (κ1) is 20.6. The molecule has 1 aliphatic carbocycles. The summed E-state index contributed by atoms with van der Waals surface area (Å²) >= 11 is 0. The van der Waals surface area contributed by atoms with Crippen LogP contribution in [0.4, 0.5) is 4.39 Å². The Morgan fingerprint density at radius 2 is 1.83 bits per heavy atom. The number of carbonyl (C=O) groups excluding carboxylic acids is 2. The van der Waals surface area contributed by atoms with E-state index in [4.69, 9.17) is 0 Å². The zero-order valence-electron chi connectivity index (χ0n) is 17.5. The molecule has 1 atom stereocenters. The van der Waals surface area contributed by atoms with Crippen LogP contribution >= 0.6 is 0 Å². The van der Waals surface area contributed by atoms with Crippen LogP contribution in [0.1, 0.15) is 31.2 Å². The molecule has 2 aromatic carbocycles. The lowest BCUT2D eigenvalue weighted by Crippen LogP contribution is -2.40. The topological polar surface area (TPSA) is 40.6 Å². The molecule has 2 aromatic rings. The molecule has 1 heterocycles. The third kappa shape index (κ3) is 4.40. The Morgan fingerprint density at radius 3 is 2.60 bits per heavy atom. The maximum Gasteiger partial charge on any atom is 0.227 e. The Labute approximate surface area is 177 Å². The van der Waals surface area contributed by atoms with Gasteiger partial charge in [0.1, 0.15) is 5.82 Å². The lowest BCUT2D eigenvalue weighted by Gasteiger charge is -2.26. The maximum absolute atomic E-state index is 13.8. The number of rotatable bonds is 4. The van der Waals surface area contributed by atoms with E-state index in [0.717, 1.165) is 42.4 Å². The number of hydrogen-bond donors (Lipinski definition) is 0. The first-order valence-corrected chi connectivity index (χ1v) is 10.9. The summed E-state index contributed by atoms with van der Waals surface area (Å²) in [5.41, 5.74) is 2.74. The predicted molar refractivity (Wildman–Crippen MR) is 115 cm³/mol. The standard InChI is InChI=1S/C25H29FN2O2/c1-27-13-14-28(25(30)18-7-2-3-8-18)17-21(24(27)29)15-19-9-4-5-12-23(19)20-10-6-11-22(26)16-20/h4-6,9-12,16,18,21H,2-3,7-8,13-15,17H2,1H3. The quantitative estimate of drug-likeness (QED) is 0.763. The molecule has 0 radical (unpaired) electrons. The molecule has 2 fully saturated rings. The summed E-state index contributed by atoms with van der Waals surface area (Å²) < 4.78 is 13.8. The summed E-state index contributed by atoms with van der Waals surface area (Å²) in [6, 6.07) is 14.4. The van der Waals surface area contributed by atoms with E-state index in [2.05, 4.69) is 0 Å². The van der Waals surface area contributed by atoms with Crippen molar-refractivity contribution in [1.82, 2.24) is 9.80 Å². The number of halogens is 1. The first-order chi connectivity index (χ1) is 14.5. The Bertz CT molecular complexity index is 923. The first-order valence-electron chi connectivity index (χ1n) is 10.9. The summed E-state index contributed by atoms with van der Waals surface area (Å²) in [5.74, 6) is -0.174. The molecule has 4 nitrogen and oxygen atoms in total. The molecule has 2 aliphatic rings. The SMILES string of the molecule is CN1CCN(C(=O)C2CCCC2)CC(Cc2ccccc2-c2cccc(F)c2)C1=O. The molecule has 1 aliphatic heterocycles. The van der Waals surface area contributed by atoms with Crippen LogP contribution < -0.4 is 0 Å². The highest BCUT2D eigenvalue weighted by atomic mass is 19.1. The molecule has 2 amide bonds.